The molecule has 2 N–H and O–H groups in total. The minimum Gasteiger partial charge on any atom is -0.444 e. The Balaban J connectivity index is 1.22. The number of amides is 2. The SMILES string of the molecule is CC(C)(C)OC(=O)N1CCC(n2cc(-c3nc4nccc(-c5ccc(CNC(=O)c6nc(C(C)(C)C)no6)c(C(F)(F)F)c5)c4[nH]3)cn2)C1. The number of nitrogens with zero attached hydrogens (tertiary/aromatic N) is 7. The van der Waals surface area contributed by atoms with Gasteiger partial charge in [-0.1, -0.05) is 38.1 Å². The van der Waals surface area contributed by atoms with Crippen molar-refractivity contribution in [2.24, 2.45) is 0 Å². The highest BCUT2D eigenvalue weighted by molar-refractivity contribution is 5.92. The number of fused-ring (bicyclic) bond motifs is 1. The van der Waals surface area contributed by atoms with Crippen LogP contribution in [0.15, 0.2) is 47.4 Å². The zero-order valence-corrected chi connectivity index (χ0v) is 27.8. The number of aromatic amines is 1. The van der Waals surface area contributed by atoms with E-state index in [1.807, 2.05) is 47.7 Å². The first-order valence-corrected chi connectivity index (χ1v) is 15.7. The van der Waals surface area contributed by atoms with E-state index >= 15 is 0 Å². The molecular weight excluding hydrogens is 643 g/mol. The molecule has 258 valence electrons. The van der Waals surface area contributed by atoms with Crippen LogP contribution in [0.3, 0.4) is 0 Å². The number of benzene rings is 1. The zero-order chi connectivity index (χ0) is 35.3. The average molecular weight is 680 g/mol. The van der Waals surface area contributed by atoms with E-state index in [-0.39, 0.29) is 29.2 Å². The van der Waals surface area contributed by atoms with Gasteiger partial charge in [0.25, 0.3) is 0 Å². The van der Waals surface area contributed by atoms with Crippen molar-refractivity contribution in [2.75, 3.05) is 13.1 Å². The molecule has 13 nitrogen and oxygen atoms in total. The van der Waals surface area contributed by atoms with E-state index < -0.39 is 35.2 Å². The van der Waals surface area contributed by atoms with Gasteiger partial charge in [0.1, 0.15) is 11.4 Å². The highest BCUT2D eigenvalue weighted by atomic mass is 19.4. The van der Waals surface area contributed by atoms with Gasteiger partial charge in [-0.05, 0) is 50.5 Å². The van der Waals surface area contributed by atoms with Gasteiger partial charge in [-0.2, -0.15) is 23.3 Å². The molecule has 1 atom stereocenters. The molecular formula is C33H36F3N9O4. The first kappa shape index (κ1) is 33.6. The molecule has 1 aliphatic rings. The van der Waals surface area contributed by atoms with Gasteiger partial charge < -0.3 is 24.5 Å². The van der Waals surface area contributed by atoms with Crippen LogP contribution in [-0.2, 0) is 22.9 Å². The number of rotatable bonds is 6. The van der Waals surface area contributed by atoms with Crippen LogP contribution in [0.1, 0.15) is 81.6 Å². The fourth-order valence-electron chi connectivity index (χ4n) is 5.43. The summed E-state index contributed by atoms with van der Waals surface area (Å²) in [6.45, 7) is 11.5. The Morgan fingerprint density at radius 1 is 1.08 bits per heavy atom. The summed E-state index contributed by atoms with van der Waals surface area (Å²) >= 11 is 0. The first-order valence-electron chi connectivity index (χ1n) is 15.7. The van der Waals surface area contributed by atoms with E-state index in [9.17, 15) is 22.8 Å². The number of pyridine rings is 1. The van der Waals surface area contributed by atoms with E-state index in [1.165, 1.54) is 12.3 Å². The topological polar surface area (TPSA) is 157 Å². The molecule has 6 rings (SSSR count). The second-order valence-corrected chi connectivity index (χ2v) is 13.9. The predicted molar refractivity (Wildman–Crippen MR) is 171 cm³/mol. The Kier molecular flexibility index (Phi) is 8.44. The quantitative estimate of drug-likeness (QED) is 0.210. The summed E-state index contributed by atoms with van der Waals surface area (Å²) in [5, 5.41) is 10.7. The third kappa shape index (κ3) is 7.27. The number of H-pyrrole nitrogens is 1. The maximum atomic E-state index is 14.3. The first-order chi connectivity index (χ1) is 23.0. The van der Waals surface area contributed by atoms with Crippen molar-refractivity contribution in [3.63, 3.8) is 0 Å². The fraction of sp³-hybridized carbons (Fsp3) is 0.424. The van der Waals surface area contributed by atoms with Gasteiger partial charge in [-0.15, -0.1) is 0 Å². The molecule has 49 heavy (non-hydrogen) atoms. The predicted octanol–water partition coefficient (Wildman–Crippen LogP) is 6.30. The summed E-state index contributed by atoms with van der Waals surface area (Å²) in [6, 6.07) is 5.46. The lowest BCUT2D eigenvalue weighted by atomic mass is 9.96. The number of halogens is 3. The van der Waals surface area contributed by atoms with Crippen molar-refractivity contribution in [1.29, 1.82) is 0 Å². The number of nitrogens with one attached hydrogen (secondary N) is 2. The van der Waals surface area contributed by atoms with E-state index in [1.54, 1.807) is 27.9 Å². The molecule has 0 radical (unpaired) electrons. The minimum absolute atomic E-state index is 0.0589. The van der Waals surface area contributed by atoms with Crippen LogP contribution in [0.25, 0.3) is 33.7 Å². The molecule has 2 amide bonds. The molecule has 5 aromatic rings. The Hall–Kier alpha value is -5.28. The van der Waals surface area contributed by atoms with Gasteiger partial charge in [-0.25, -0.2) is 14.8 Å². The fourth-order valence-corrected chi connectivity index (χ4v) is 5.43. The van der Waals surface area contributed by atoms with Crippen molar-refractivity contribution >= 4 is 23.2 Å². The molecule has 1 aliphatic heterocycles. The van der Waals surface area contributed by atoms with Crippen LogP contribution in [-0.4, -0.2) is 70.5 Å². The number of aromatic nitrogens is 7. The number of hydrogen-bond donors (Lipinski definition) is 2. The number of alkyl halides is 3. The summed E-state index contributed by atoms with van der Waals surface area (Å²) in [6.07, 6.45) is 0.540. The molecule has 0 bridgehead atoms. The molecule has 1 saturated heterocycles. The zero-order valence-electron chi connectivity index (χ0n) is 27.8. The van der Waals surface area contributed by atoms with Crippen LogP contribution in [0.2, 0.25) is 0 Å². The average Bonchev–Trinajstić information content (AvgIpc) is 3.83. The van der Waals surface area contributed by atoms with Crippen LogP contribution in [0.4, 0.5) is 18.0 Å². The molecule has 16 heteroatoms. The molecule has 0 spiro atoms. The second-order valence-electron chi connectivity index (χ2n) is 13.9. The standard InChI is InChI=1S/C33H36F3N9O4/c1-31(2,3)29-42-28(49-43-29)27(46)38-14-19-8-7-18(13-23(19)33(34,35)36)22-9-11-37-26-24(22)40-25(41-26)20-15-39-45(16-20)21-10-12-44(17-21)30(47)48-32(4,5)6/h7-9,11,13,15-16,21H,10,12,14,17H2,1-6H3,(H,38,46)(H,37,40,41). The number of carbonyl (C=O) groups excluding carboxylic acids is 2. The van der Waals surface area contributed by atoms with E-state index in [4.69, 9.17) is 9.26 Å². The van der Waals surface area contributed by atoms with Crippen LogP contribution in [0.5, 0.6) is 0 Å². The van der Waals surface area contributed by atoms with Crippen molar-refractivity contribution in [3.05, 3.63) is 65.7 Å². The molecule has 0 saturated carbocycles. The third-order valence-electron chi connectivity index (χ3n) is 7.91. The van der Waals surface area contributed by atoms with Gasteiger partial charge in [-0.3, -0.25) is 9.48 Å². The number of imidazole rings is 1. The van der Waals surface area contributed by atoms with Crippen molar-refractivity contribution in [3.8, 4) is 22.5 Å². The Morgan fingerprint density at radius 3 is 2.55 bits per heavy atom. The molecule has 0 aliphatic carbocycles. The van der Waals surface area contributed by atoms with E-state index in [0.29, 0.717) is 53.4 Å². The monoisotopic (exact) mass is 679 g/mol. The molecule has 1 fully saturated rings. The highest BCUT2D eigenvalue weighted by Gasteiger charge is 2.35. The molecule has 4 aromatic heterocycles. The Morgan fingerprint density at radius 2 is 1.86 bits per heavy atom. The lowest BCUT2D eigenvalue weighted by Crippen LogP contribution is -2.35. The number of likely N-dealkylation sites (tertiary alicyclic amines) is 1. The maximum Gasteiger partial charge on any atom is 0.416 e. The van der Waals surface area contributed by atoms with E-state index in [0.717, 1.165) is 6.07 Å². The van der Waals surface area contributed by atoms with Crippen molar-refractivity contribution in [2.45, 2.75) is 77.7 Å². The van der Waals surface area contributed by atoms with Gasteiger partial charge in [0, 0.05) is 43.0 Å². The van der Waals surface area contributed by atoms with Gasteiger partial charge in [0.05, 0.1) is 28.9 Å². The lowest BCUT2D eigenvalue weighted by molar-refractivity contribution is -0.138. The number of hydrogen-bond acceptors (Lipinski definition) is 9. The summed E-state index contributed by atoms with van der Waals surface area (Å²) in [5.74, 6) is -0.370. The van der Waals surface area contributed by atoms with Gasteiger partial charge in [0.2, 0.25) is 0 Å². The van der Waals surface area contributed by atoms with Crippen molar-refractivity contribution < 1.29 is 32.0 Å². The second kappa shape index (κ2) is 12.3. The lowest BCUT2D eigenvalue weighted by Gasteiger charge is -2.24. The number of carbonyl (C=O) groups is 2. The molecule has 1 aromatic carbocycles. The molecule has 5 heterocycles. The normalized spacial score (nSPS) is 15.6. The Labute approximate surface area is 279 Å². The Bertz CT molecular complexity index is 2020. The maximum absolute atomic E-state index is 14.3. The summed E-state index contributed by atoms with van der Waals surface area (Å²) in [7, 11) is 0. The summed E-state index contributed by atoms with van der Waals surface area (Å²) in [4.78, 5) is 42.9. The van der Waals surface area contributed by atoms with Crippen molar-refractivity contribution in [1.82, 2.24) is 45.1 Å². The summed E-state index contributed by atoms with van der Waals surface area (Å²) < 4.78 is 55.2. The summed E-state index contributed by atoms with van der Waals surface area (Å²) in [5.41, 5.74) is 0.0388. The smallest absolute Gasteiger partial charge is 0.416 e. The number of ether oxygens (including phenoxy) is 1. The van der Waals surface area contributed by atoms with Crippen LogP contribution < -0.4 is 5.32 Å². The highest BCUT2D eigenvalue weighted by Crippen LogP contribution is 2.37. The van der Waals surface area contributed by atoms with Crippen LogP contribution >= 0.6 is 0 Å². The van der Waals surface area contributed by atoms with Crippen LogP contribution in [0, 0.1) is 0 Å². The molecule has 1 unspecified atom stereocenters. The van der Waals surface area contributed by atoms with Gasteiger partial charge in [0.15, 0.2) is 11.5 Å². The largest absolute Gasteiger partial charge is 0.444 e. The van der Waals surface area contributed by atoms with Gasteiger partial charge >= 0.3 is 24.1 Å². The minimum atomic E-state index is -4.71. The third-order valence-corrected chi connectivity index (χ3v) is 7.91. The van der Waals surface area contributed by atoms with E-state index in [2.05, 4.69) is 35.5 Å².